The molecule has 1 aliphatic heterocycles. The third kappa shape index (κ3) is 2.25. The van der Waals surface area contributed by atoms with Crippen LogP contribution >= 0.6 is 11.6 Å². The zero-order valence-corrected chi connectivity index (χ0v) is 10.5. The van der Waals surface area contributed by atoms with Crippen LogP contribution in [0.4, 0.5) is 5.69 Å². The lowest BCUT2D eigenvalue weighted by Gasteiger charge is -2.30. The first-order valence-corrected chi connectivity index (χ1v) is 5.90. The Morgan fingerprint density at radius 1 is 1.31 bits per heavy atom. The van der Waals surface area contributed by atoms with E-state index in [0.29, 0.717) is 0 Å². The molecule has 0 spiro atoms. The monoisotopic (exact) mass is 240 g/mol. The van der Waals surface area contributed by atoms with Gasteiger partial charge < -0.3 is 15.0 Å². The fraction of sp³-hybridized carbons (Fsp3) is 0.500. The molecule has 0 amide bonds. The minimum atomic E-state index is 0.806. The Labute approximate surface area is 101 Å². The zero-order chi connectivity index (χ0) is 11.5. The van der Waals surface area contributed by atoms with Gasteiger partial charge in [-0.25, -0.2) is 0 Å². The highest BCUT2D eigenvalue weighted by Crippen LogP contribution is 2.33. The third-order valence-electron chi connectivity index (χ3n) is 2.92. The van der Waals surface area contributed by atoms with Crippen LogP contribution in [0.1, 0.15) is 5.56 Å². The van der Waals surface area contributed by atoms with Gasteiger partial charge in [-0.15, -0.1) is 0 Å². The van der Waals surface area contributed by atoms with Gasteiger partial charge in [0, 0.05) is 32.2 Å². The van der Waals surface area contributed by atoms with Crippen molar-refractivity contribution in [2.45, 2.75) is 6.92 Å². The molecule has 1 fully saturated rings. The van der Waals surface area contributed by atoms with Crippen molar-refractivity contribution in [2.75, 3.05) is 38.2 Å². The van der Waals surface area contributed by atoms with Crippen molar-refractivity contribution in [3.05, 3.63) is 22.7 Å². The van der Waals surface area contributed by atoms with E-state index < -0.39 is 0 Å². The minimum Gasteiger partial charge on any atom is -0.496 e. The Morgan fingerprint density at radius 3 is 2.62 bits per heavy atom. The highest BCUT2D eigenvalue weighted by molar-refractivity contribution is 6.33. The topological polar surface area (TPSA) is 24.5 Å². The summed E-state index contributed by atoms with van der Waals surface area (Å²) < 4.78 is 5.33. The van der Waals surface area contributed by atoms with Crippen molar-refractivity contribution >= 4 is 17.3 Å². The fourth-order valence-corrected chi connectivity index (χ4v) is 2.35. The molecular formula is C12H17ClN2O. The first-order chi connectivity index (χ1) is 7.72. The van der Waals surface area contributed by atoms with Gasteiger partial charge in [-0.2, -0.15) is 0 Å². The molecule has 0 radical (unpaired) electrons. The van der Waals surface area contributed by atoms with Crippen molar-refractivity contribution in [1.29, 1.82) is 0 Å². The summed E-state index contributed by atoms with van der Waals surface area (Å²) in [6, 6.07) is 4.00. The van der Waals surface area contributed by atoms with Crippen molar-refractivity contribution in [3.63, 3.8) is 0 Å². The molecule has 2 rings (SSSR count). The van der Waals surface area contributed by atoms with E-state index in [1.807, 2.05) is 19.1 Å². The third-order valence-corrected chi connectivity index (χ3v) is 3.22. The SMILES string of the molecule is COc1cc(N2CCNCC2)c(Cl)cc1C. The van der Waals surface area contributed by atoms with Crippen molar-refractivity contribution in [3.8, 4) is 5.75 Å². The molecule has 0 unspecified atom stereocenters. The number of anilines is 1. The highest BCUT2D eigenvalue weighted by Gasteiger charge is 2.15. The molecule has 0 aromatic heterocycles. The van der Waals surface area contributed by atoms with E-state index in [1.165, 1.54) is 0 Å². The van der Waals surface area contributed by atoms with E-state index in [1.54, 1.807) is 7.11 Å². The largest absolute Gasteiger partial charge is 0.496 e. The second kappa shape index (κ2) is 4.93. The van der Waals surface area contributed by atoms with Crippen LogP contribution in [-0.4, -0.2) is 33.3 Å². The van der Waals surface area contributed by atoms with Gasteiger partial charge in [0.25, 0.3) is 0 Å². The number of aryl methyl sites for hydroxylation is 1. The van der Waals surface area contributed by atoms with Crippen LogP contribution in [0.2, 0.25) is 5.02 Å². The molecule has 0 aliphatic carbocycles. The zero-order valence-electron chi connectivity index (χ0n) is 9.72. The Morgan fingerprint density at radius 2 is 2.00 bits per heavy atom. The normalized spacial score (nSPS) is 16.3. The number of methoxy groups -OCH3 is 1. The van der Waals surface area contributed by atoms with Crippen LogP contribution in [0, 0.1) is 6.92 Å². The lowest BCUT2D eigenvalue weighted by atomic mass is 10.1. The number of hydrogen-bond acceptors (Lipinski definition) is 3. The number of benzene rings is 1. The van der Waals surface area contributed by atoms with Gasteiger partial charge in [0.2, 0.25) is 0 Å². The molecule has 1 aromatic rings. The fourth-order valence-electron chi connectivity index (χ4n) is 2.01. The number of piperazine rings is 1. The van der Waals surface area contributed by atoms with Crippen LogP contribution in [0.15, 0.2) is 12.1 Å². The summed E-state index contributed by atoms with van der Waals surface area (Å²) in [5.41, 5.74) is 2.15. The second-order valence-corrected chi connectivity index (χ2v) is 4.42. The number of hydrogen-bond donors (Lipinski definition) is 1. The standard InChI is InChI=1S/C12H17ClN2O/c1-9-7-10(13)11(8-12(9)16-2)15-5-3-14-4-6-15/h7-8,14H,3-6H2,1-2H3. The predicted octanol–water partition coefficient (Wildman–Crippen LogP) is 2.07. The molecule has 3 nitrogen and oxygen atoms in total. The Balaban J connectivity index is 2.31. The molecule has 1 N–H and O–H groups in total. The number of rotatable bonds is 2. The summed E-state index contributed by atoms with van der Waals surface area (Å²) in [5, 5.41) is 4.13. The Kier molecular flexibility index (Phi) is 3.56. The maximum absolute atomic E-state index is 6.27. The van der Waals surface area contributed by atoms with E-state index in [9.17, 15) is 0 Å². The molecule has 88 valence electrons. The van der Waals surface area contributed by atoms with E-state index in [0.717, 1.165) is 48.2 Å². The predicted molar refractivity (Wildman–Crippen MR) is 67.8 cm³/mol. The molecule has 0 atom stereocenters. The summed E-state index contributed by atoms with van der Waals surface area (Å²) in [4.78, 5) is 2.29. The van der Waals surface area contributed by atoms with Gasteiger partial charge in [-0.05, 0) is 18.6 Å². The average Bonchev–Trinajstić information content (AvgIpc) is 2.30. The van der Waals surface area contributed by atoms with Crippen molar-refractivity contribution < 1.29 is 4.74 Å². The van der Waals surface area contributed by atoms with Crippen LogP contribution in [0.25, 0.3) is 0 Å². The molecule has 1 aromatic carbocycles. The molecule has 1 saturated heterocycles. The summed E-state index contributed by atoms with van der Waals surface area (Å²) in [6.07, 6.45) is 0. The first kappa shape index (κ1) is 11.6. The quantitative estimate of drug-likeness (QED) is 0.857. The first-order valence-electron chi connectivity index (χ1n) is 5.52. The van der Waals surface area contributed by atoms with E-state index in [2.05, 4.69) is 10.2 Å². The number of halogens is 1. The Hall–Kier alpha value is -0.930. The summed E-state index contributed by atoms with van der Waals surface area (Å²) >= 11 is 6.27. The van der Waals surface area contributed by atoms with Crippen LogP contribution in [0.3, 0.4) is 0 Å². The summed E-state index contributed by atoms with van der Waals surface area (Å²) in [5.74, 6) is 0.901. The lowest BCUT2D eigenvalue weighted by molar-refractivity contribution is 0.411. The van der Waals surface area contributed by atoms with Crippen LogP contribution < -0.4 is 15.0 Å². The molecule has 0 saturated carbocycles. The molecule has 0 bridgehead atoms. The number of nitrogens with one attached hydrogen (secondary N) is 1. The second-order valence-electron chi connectivity index (χ2n) is 4.01. The number of ether oxygens (including phenoxy) is 1. The average molecular weight is 241 g/mol. The van der Waals surface area contributed by atoms with Crippen molar-refractivity contribution in [1.82, 2.24) is 5.32 Å². The van der Waals surface area contributed by atoms with Crippen LogP contribution in [-0.2, 0) is 0 Å². The van der Waals surface area contributed by atoms with E-state index in [-0.39, 0.29) is 0 Å². The molecule has 1 heterocycles. The van der Waals surface area contributed by atoms with Gasteiger partial charge >= 0.3 is 0 Å². The van der Waals surface area contributed by atoms with Crippen molar-refractivity contribution in [2.24, 2.45) is 0 Å². The number of nitrogens with zero attached hydrogens (tertiary/aromatic N) is 1. The lowest BCUT2D eigenvalue weighted by Crippen LogP contribution is -2.43. The summed E-state index contributed by atoms with van der Waals surface area (Å²) in [7, 11) is 1.69. The molecular weight excluding hydrogens is 224 g/mol. The summed E-state index contributed by atoms with van der Waals surface area (Å²) in [6.45, 7) is 6.00. The van der Waals surface area contributed by atoms with E-state index >= 15 is 0 Å². The molecule has 16 heavy (non-hydrogen) atoms. The van der Waals surface area contributed by atoms with Gasteiger partial charge in [-0.3, -0.25) is 0 Å². The molecule has 1 aliphatic rings. The van der Waals surface area contributed by atoms with Gasteiger partial charge in [-0.1, -0.05) is 11.6 Å². The van der Waals surface area contributed by atoms with Crippen LogP contribution in [0.5, 0.6) is 5.75 Å². The maximum atomic E-state index is 6.27. The van der Waals surface area contributed by atoms with Gasteiger partial charge in [0.1, 0.15) is 5.75 Å². The minimum absolute atomic E-state index is 0.806. The highest BCUT2D eigenvalue weighted by atomic mass is 35.5. The van der Waals surface area contributed by atoms with Gasteiger partial charge in [0.05, 0.1) is 17.8 Å². The smallest absolute Gasteiger partial charge is 0.123 e. The molecule has 4 heteroatoms. The van der Waals surface area contributed by atoms with Gasteiger partial charge in [0.15, 0.2) is 0 Å². The maximum Gasteiger partial charge on any atom is 0.123 e. The van der Waals surface area contributed by atoms with E-state index in [4.69, 9.17) is 16.3 Å². The Bertz CT molecular complexity index is 376.